The molecule has 2 heterocycles. The quantitative estimate of drug-likeness (QED) is 0.629. The highest BCUT2D eigenvalue weighted by molar-refractivity contribution is 7.11. The van der Waals surface area contributed by atoms with Gasteiger partial charge in [0.05, 0.1) is 10.7 Å². The first-order valence-corrected chi connectivity index (χ1v) is 6.40. The lowest BCUT2D eigenvalue weighted by Gasteiger charge is -1.98. The number of furan rings is 1. The van der Waals surface area contributed by atoms with E-state index in [9.17, 15) is 0 Å². The number of hydrogen-bond donors (Lipinski definition) is 0. The van der Waals surface area contributed by atoms with E-state index in [0.29, 0.717) is 0 Å². The molecule has 2 nitrogen and oxygen atoms in total. The number of hydrogen-bond acceptors (Lipinski definition) is 3. The zero-order chi connectivity index (χ0) is 12.0. The molecule has 0 spiro atoms. The van der Waals surface area contributed by atoms with Crippen LogP contribution in [0.4, 0.5) is 0 Å². The van der Waals surface area contributed by atoms with Gasteiger partial charge in [0.2, 0.25) is 0 Å². The second kappa shape index (κ2) is 3.70. The van der Waals surface area contributed by atoms with Gasteiger partial charge in [0.1, 0.15) is 11.3 Å². The molecule has 3 rings (SSSR count). The molecule has 0 aliphatic rings. The van der Waals surface area contributed by atoms with Crippen molar-refractivity contribution in [3.63, 3.8) is 0 Å². The van der Waals surface area contributed by atoms with Gasteiger partial charge in [0, 0.05) is 15.8 Å². The summed E-state index contributed by atoms with van der Waals surface area (Å²) in [5.41, 5.74) is 3.14. The standard InChI is InChI=1S/C14H13NOS/c1-8-6-11-4-5-12(7-13(11)16-8)14-9(2)17-10(3)15-14/h4-7H,1-3H3. The van der Waals surface area contributed by atoms with Crippen molar-refractivity contribution in [1.29, 1.82) is 0 Å². The highest BCUT2D eigenvalue weighted by atomic mass is 32.1. The summed E-state index contributed by atoms with van der Waals surface area (Å²) in [5, 5.41) is 2.25. The number of thiazole rings is 1. The Morgan fingerprint density at radius 3 is 2.65 bits per heavy atom. The fourth-order valence-electron chi connectivity index (χ4n) is 2.11. The molecule has 0 saturated heterocycles. The third-order valence-electron chi connectivity index (χ3n) is 2.82. The predicted molar refractivity (Wildman–Crippen MR) is 71.5 cm³/mol. The normalized spacial score (nSPS) is 11.2. The number of aryl methyl sites for hydroxylation is 3. The summed E-state index contributed by atoms with van der Waals surface area (Å²) in [4.78, 5) is 5.83. The molecular formula is C14H13NOS. The molecule has 0 N–H and O–H groups in total. The molecule has 0 saturated carbocycles. The van der Waals surface area contributed by atoms with Crippen LogP contribution in [0.25, 0.3) is 22.2 Å². The first-order valence-electron chi connectivity index (χ1n) is 5.58. The topological polar surface area (TPSA) is 26.0 Å². The van der Waals surface area contributed by atoms with Gasteiger partial charge in [0.15, 0.2) is 0 Å². The van der Waals surface area contributed by atoms with Crippen LogP contribution in [-0.4, -0.2) is 4.98 Å². The van der Waals surface area contributed by atoms with Crippen LogP contribution in [0.3, 0.4) is 0 Å². The minimum absolute atomic E-state index is 0.935. The first-order chi connectivity index (χ1) is 8.13. The smallest absolute Gasteiger partial charge is 0.134 e. The van der Waals surface area contributed by atoms with Gasteiger partial charge < -0.3 is 4.42 Å². The van der Waals surface area contributed by atoms with E-state index in [-0.39, 0.29) is 0 Å². The van der Waals surface area contributed by atoms with Gasteiger partial charge in [-0.05, 0) is 32.9 Å². The van der Waals surface area contributed by atoms with Crippen LogP contribution >= 0.6 is 11.3 Å². The number of benzene rings is 1. The van der Waals surface area contributed by atoms with E-state index in [2.05, 4.69) is 36.2 Å². The van der Waals surface area contributed by atoms with Crippen LogP contribution in [0.1, 0.15) is 15.6 Å². The summed E-state index contributed by atoms with van der Waals surface area (Å²) in [6.45, 7) is 6.12. The molecule has 2 aromatic heterocycles. The van der Waals surface area contributed by atoms with Gasteiger partial charge >= 0.3 is 0 Å². The maximum atomic E-state index is 5.65. The van der Waals surface area contributed by atoms with E-state index in [0.717, 1.165) is 33.0 Å². The van der Waals surface area contributed by atoms with Crippen molar-refractivity contribution >= 4 is 22.3 Å². The Morgan fingerprint density at radius 1 is 1.12 bits per heavy atom. The molecular weight excluding hydrogens is 230 g/mol. The van der Waals surface area contributed by atoms with Gasteiger partial charge in [0.25, 0.3) is 0 Å². The average molecular weight is 243 g/mol. The largest absolute Gasteiger partial charge is 0.461 e. The monoisotopic (exact) mass is 243 g/mol. The Balaban J connectivity index is 2.20. The third-order valence-corrected chi connectivity index (χ3v) is 3.71. The minimum Gasteiger partial charge on any atom is -0.461 e. The molecule has 0 aliphatic carbocycles. The first kappa shape index (κ1) is 10.5. The van der Waals surface area contributed by atoms with E-state index in [1.807, 2.05) is 13.8 Å². The Morgan fingerprint density at radius 2 is 1.94 bits per heavy atom. The summed E-state index contributed by atoms with van der Waals surface area (Å²) in [7, 11) is 0. The Hall–Kier alpha value is -1.61. The van der Waals surface area contributed by atoms with Gasteiger partial charge in [-0.3, -0.25) is 0 Å². The second-order valence-corrected chi connectivity index (χ2v) is 5.65. The zero-order valence-electron chi connectivity index (χ0n) is 10.1. The Kier molecular flexibility index (Phi) is 2.30. The number of rotatable bonds is 1. The molecule has 0 atom stereocenters. The van der Waals surface area contributed by atoms with Crippen molar-refractivity contribution in [2.24, 2.45) is 0 Å². The molecule has 3 heteroatoms. The summed E-state index contributed by atoms with van der Waals surface area (Å²) in [5.74, 6) is 0.948. The van der Waals surface area contributed by atoms with E-state index in [1.165, 1.54) is 4.88 Å². The van der Waals surface area contributed by atoms with Gasteiger partial charge in [-0.1, -0.05) is 12.1 Å². The third kappa shape index (κ3) is 1.76. The fraction of sp³-hybridized carbons (Fsp3) is 0.214. The van der Waals surface area contributed by atoms with Gasteiger partial charge in [-0.2, -0.15) is 0 Å². The van der Waals surface area contributed by atoms with Crippen molar-refractivity contribution in [1.82, 2.24) is 4.98 Å². The Bertz CT molecular complexity index is 693. The summed E-state index contributed by atoms with van der Waals surface area (Å²) in [6, 6.07) is 8.33. The van der Waals surface area contributed by atoms with E-state index >= 15 is 0 Å². The van der Waals surface area contributed by atoms with Crippen LogP contribution < -0.4 is 0 Å². The second-order valence-electron chi connectivity index (χ2n) is 4.25. The lowest BCUT2D eigenvalue weighted by Crippen LogP contribution is -1.80. The van der Waals surface area contributed by atoms with Crippen LogP contribution in [-0.2, 0) is 0 Å². The Labute approximate surface area is 104 Å². The number of fused-ring (bicyclic) bond motifs is 1. The maximum absolute atomic E-state index is 5.65. The van der Waals surface area contributed by atoms with Crippen molar-refractivity contribution < 1.29 is 4.42 Å². The predicted octanol–water partition coefficient (Wildman–Crippen LogP) is 4.48. The molecule has 0 radical (unpaired) electrons. The molecule has 0 aliphatic heterocycles. The van der Waals surface area contributed by atoms with Crippen molar-refractivity contribution in [3.8, 4) is 11.3 Å². The van der Waals surface area contributed by atoms with Crippen LogP contribution in [0.15, 0.2) is 28.7 Å². The highest BCUT2D eigenvalue weighted by Crippen LogP contribution is 2.30. The lowest BCUT2D eigenvalue weighted by molar-refractivity contribution is 0.578. The highest BCUT2D eigenvalue weighted by Gasteiger charge is 2.09. The average Bonchev–Trinajstić information content (AvgIpc) is 2.78. The van der Waals surface area contributed by atoms with Gasteiger partial charge in [-0.15, -0.1) is 11.3 Å². The lowest BCUT2D eigenvalue weighted by atomic mass is 10.1. The summed E-state index contributed by atoms with van der Waals surface area (Å²) in [6.07, 6.45) is 0. The molecule has 0 fully saturated rings. The van der Waals surface area contributed by atoms with E-state index in [1.54, 1.807) is 11.3 Å². The van der Waals surface area contributed by atoms with E-state index in [4.69, 9.17) is 4.42 Å². The molecule has 3 aromatic rings. The summed E-state index contributed by atoms with van der Waals surface area (Å²) >= 11 is 1.73. The van der Waals surface area contributed by atoms with Crippen molar-refractivity contribution in [2.45, 2.75) is 20.8 Å². The fourth-order valence-corrected chi connectivity index (χ4v) is 2.95. The van der Waals surface area contributed by atoms with E-state index < -0.39 is 0 Å². The summed E-state index contributed by atoms with van der Waals surface area (Å²) < 4.78 is 5.65. The molecule has 86 valence electrons. The molecule has 0 bridgehead atoms. The van der Waals surface area contributed by atoms with Crippen LogP contribution in [0.5, 0.6) is 0 Å². The zero-order valence-corrected chi connectivity index (χ0v) is 10.9. The molecule has 0 unspecified atom stereocenters. The van der Waals surface area contributed by atoms with Crippen molar-refractivity contribution in [3.05, 3.63) is 39.9 Å². The van der Waals surface area contributed by atoms with Crippen LogP contribution in [0, 0.1) is 20.8 Å². The number of nitrogens with zero attached hydrogens (tertiary/aromatic N) is 1. The van der Waals surface area contributed by atoms with Crippen LogP contribution in [0.2, 0.25) is 0 Å². The molecule has 17 heavy (non-hydrogen) atoms. The molecule has 0 amide bonds. The number of aromatic nitrogens is 1. The maximum Gasteiger partial charge on any atom is 0.134 e. The van der Waals surface area contributed by atoms with Gasteiger partial charge in [-0.25, -0.2) is 4.98 Å². The SMILES string of the molecule is Cc1cc2ccc(-c3nc(C)sc3C)cc2o1. The molecule has 1 aromatic carbocycles. The minimum atomic E-state index is 0.935. The van der Waals surface area contributed by atoms with Crippen molar-refractivity contribution in [2.75, 3.05) is 0 Å².